The Kier molecular flexibility index (Phi) is 3.48. The largest absolute Gasteiger partial charge is 0.330 e. The summed E-state index contributed by atoms with van der Waals surface area (Å²) in [6.07, 6.45) is 0. The molecule has 3 aromatic rings. The van der Waals surface area contributed by atoms with E-state index < -0.39 is 0 Å². The van der Waals surface area contributed by atoms with Crippen LogP contribution in [-0.4, -0.2) is 9.55 Å². The molecule has 0 saturated heterocycles. The zero-order chi connectivity index (χ0) is 13.6. The lowest BCUT2D eigenvalue weighted by Crippen LogP contribution is -1.96. The highest BCUT2D eigenvalue weighted by Crippen LogP contribution is 2.27. The lowest BCUT2D eigenvalue weighted by molar-refractivity contribution is 0.626. The highest BCUT2D eigenvalue weighted by molar-refractivity contribution is 14.1. The van der Waals surface area contributed by atoms with Crippen LogP contribution in [0.5, 0.6) is 0 Å². The summed E-state index contributed by atoms with van der Waals surface area (Å²) in [6.45, 7) is 0. The fourth-order valence-corrected chi connectivity index (χ4v) is 3.20. The zero-order valence-electron chi connectivity index (χ0n) is 9.45. The Bertz CT molecular complexity index is 840. The van der Waals surface area contributed by atoms with E-state index in [0.717, 1.165) is 19.1 Å². The van der Waals surface area contributed by atoms with Gasteiger partial charge in [-0.1, -0.05) is 0 Å². The molecule has 2 aromatic carbocycles. The van der Waals surface area contributed by atoms with Gasteiger partial charge in [0, 0.05) is 8.04 Å². The first-order chi connectivity index (χ1) is 9.06. The second kappa shape index (κ2) is 4.99. The Hall–Kier alpha value is -0.730. The number of halogens is 3. The number of benzene rings is 2. The molecule has 2 nitrogen and oxygen atoms in total. The molecule has 0 radical (unpaired) electrons. The Labute approximate surface area is 135 Å². The van der Waals surface area contributed by atoms with E-state index in [1.165, 1.54) is 12.1 Å². The van der Waals surface area contributed by atoms with Crippen LogP contribution < -0.4 is 0 Å². The summed E-state index contributed by atoms with van der Waals surface area (Å²) in [5.41, 5.74) is 2.56. The van der Waals surface area contributed by atoms with Crippen molar-refractivity contribution in [1.29, 1.82) is 0 Å². The van der Waals surface area contributed by atoms with Crippen molar-refractivity contribution in [3.63, 3.8) is 0 Å². The fourth-order valence-electron chi connectivity index (χ4n) is 1.98. The van der Waals surface area contributed by atoms with Crippen molar-refractivity contribution >= 4 is 61.8 Å². The van der Waals surface area contributed by atoms with Gasteiger partial charge in [0.1, 0.15) is 5.82 Å². The normalized spacial score (nSPS) is 11.1. The average Bonchev–Trinajstić information content (AvgIpc) is 2.67. The number of fused-ring (bicyclic) bond motifs is 1. The van der Waals surface area contributed by atoms with Gasteiger partial charge in [0.25, 0.3) is 0 Å². The predicted molar refractivity (Wildman–Crippen MR) is 88.8 cm³/mol. The minimum absolute atomic E-state index is 0.292. The van der Waals surface area contributed by atoms with Gasteiger partial charge in [-0.25, -0.2) is 4.39 Å². The molecule has 1 heterocycles. The van der Waals surface area contributed by atoms with Gasteiger partial charge in [0.15, 0.2) is 4.77 Å². The maximum atomic E-state index is 13.5. The molecule has 3 rings (SSSR count). The van der Waals surface area contributed by atoms with Crippen molar-refractivity contribution < 1.29 is 4.39 Å². The molecule has 6 heteroatoms. The molecule has 0 aliphatic heterocycles. The van der Waals surface area contributed by atoms with E-state index in [1.807, 2.05) is 22.8 Å². The van der Waals surface area contributed by atoms with Crippen molar-refractivity contribution in [3.05, 3.63) is 55.0 Å². The standard InChI is InChI=1S/C13H7BrFIN2S/c14-9-3-1-7(15)5-12(9)18-11-4-2-8(16)6-10(11)17-13(18)19/h1-6H,(H,17,19). The van der Waals surface area contributed by atoms with Crippen LogP contribution in [0.25, 0.3) is 16.7 Å². The lowest BCUT2D eigenvalue weighted by Gasteiger charge is -2.07. The molecule has 1 N–H and O–H groups in total. The van der Waals surface area contributed by atoms with Gasteiger partial charge < -0.3 is 4.98 Å². The predicted octanol–water partition coefficient (Wildman–Crippen LogP) is 5.19. The van der Waals surface area contributed by atoms with Gasteiger partial charge in [-0.2, -0.15) is 0 Å². The summed E-state index contributed by atoms with van der Waals surface area (Å²) < 4.78 is 17.7. The monoisotopic (exact) mass is 448 g/mol. The number of hydrogen-bond donors (Lipinski definition) is 1. The molecule has 0 unspecified atom stereocenters. The first-order valence-electron chi connectivity index (χ1n) is 5.42. The van der Waals surface area contributed by atoms with Crippen LogP contribution in [0.15, 0.2) is 40.9 Å². The molecule has 0 atom stereocenters. The number of nitrogens with one attached hydrogen (secondary N) is 1. The second-order valence-corrected chi connectivity index (χ2v) is 6.51. The first-order valence-corrected chi connectivity index (χ1v) is 7.70. The van der Waals surface area contributed by atoms with E-state index in [9.17, 15) is 4.39 Å². The van der Waals surface area contributed by atoms with Crippen molar-refractivity contribution in [2.75, 3.05) is 0 Å². The van der Waals surface area contributed by atoms with Crippen LogP contribution in [0.2, 0.25) is 0 Å². The van der Waals surface area contributed by atoms with Crippen molar-refractivity contribution in [2.45, 2.75) is 0 Å². The summed E-state index contributed by atoms with van der Waals surface area (Å²) in [5, 5.41) is 0. The maximum absolute atomic E-state index is 13.5. The first kappa shape index (κ1) is 13.3. The molecule has 0 saturated carbocycles. The Morgan fingerprint density at radius 3 is 2.79 bits per heavy atom. The third-order valence-corrected chi connectivity index (χ3v) is 4.42. The Morgan fingerprint density at radius 1 is 1.21 bits per heavy atom. The quantitative estimate of drug-likeness (QED) is 0.401. The van der Waals surface area contributed by atoms with E-state index in [4.69, 9.17) is 12.2 Å². The van der Waals surface area contributed by atoms with E-state index in [2.05, 4.69) is 43.5 Å². The van der Waals surface area contributed by atoms with E-state index in [-0.39, 0.29) is 5.82 Å². The third-order valence-electron chi connectivity index (χ3n) is 2.79. The van der Waals surface area contributed by atoms with Crippen LogP contribution in [0.3, 0.4) is 0 Å². The summed E-state index contributed by atoms with van der Waals surface area (Å²) in [5.74, 6) is -0.292. The van der Waals surface area contributed by atoms with Crippen LogP contribution in [0, 0.1) is 14.2 Å². The average molecular weight is 449 g/mol. The number of aromatic amines is 1. The molecule has 96 valence electrons. The highest BCUT2D eigenvalue weighted by atomic mass is 127. The van der Waals surface area contributed by atoms with Crippen molar-refractivity contribution in [2.24, 2.45) is 0 Å². The summed E-state index contributed by atoms with van der Waals surface area (Å²) in [4.78, 5) is 3.14. The van der Waals surface area contributed by atoms with Gasteiger partial charge in [0.2, 0.25) is 0 Å². The van der Waals surface area contributed by atoms with Gasteiger partial charge in [-0.3, -0.25) is 4.57 Å². The number of aromatic nitrogens is 2. The molecular weight excluding hydrogens is 442 g/mol. The lowest BCUT2D eigenvalue weighted by atomic mass is 10.2. The van der Waals surface area contributed by atoms with E-state index in [1.54, 1.807) is 6.07 Å². The third kappa shape index (κ3) is 2.36. The topological polar surface area (TPSA) is 20.7 Å². The smallest absolute Gasteiger partial charge is 0.182 e. The number of nitrogens with zero attached hydrogens (tertiary/aromatic N) is 1. The number of hydrogen-bond acceptors (Lipinski definition) is 1. The van der Waals surface area contributed by atoms with E-state index in [0.29, 0.717) is 10.5 Å². The van der Waals surface area contributed by atoms with Crippen molar-refractivity contribution in [1.82, 2.24) is 9.55 Å². The molecule has 0 fully saturated rings. The van der Waals surface area contributed by atoms with Crippen LogP contribution >= 0.6 is 50.7 Å². The molecule has 0 aliphatic rings. The molecule has 1 aromatic heterocycles. The Balaban J connectivity index is 2.39. The van der Waals surface area contributed by atoms with Gasteiger partial charge >= 0.3 is 0 Å². The summed E-state index contributed by atoms with van der Waals surface area (Å²) in [7, 11) is 0. The maximum Gasteiger partial charge on any atom is 0.182 e. The second-order valence-electron chi connectivity index (χ2n) is 4.02. The Morgan fingerprint density at radius 2 is 2.00 bits per heavy atom. The van der Waals surface area contributed by atoms with Crippen LogP contribution in [0.1, 0.15) is 0 Å². The molecule has 19 heavy (non-hydrogen) atoms. The van der Waals surface area contributed by atoms with Gasteiger partial charge in [-0.15, -0.1) is 0 Å². The number of H-pyrrole nitrogens is 1. The molecule has 0 spiro atoms. The molecule has 0 aliphatic carbocycles. The fraction of sp³-hybridized carbons (Fsp3) is 0. The van der Waals surface area contributed by atoms with Crippen molar-refractivity contribution in [3.8, 4) is 5.69 Å². The summed E-state index contributed by atoms with van der Waals surface area (Å²) >= 11 is 11.0. The summed E-state index contributed by atoms with van der Waals surface area (Å²) in [6, 6.07) is 10.5. The molecular formula is C13H7BrFIN2S. The number of rotatable bonds is 1. The van der Waals surface area contributed by atoms with Crippen LogP contribution in [-0.2, 0) is 0 Å². The molecule has 0 bridgehead atoms. The highest BCUT2D eigenvalue weighted by Gasteiger charge is 2.10. The van der Waals surface area contributed by atoms with Crippen LogP contribution in [0.4, 0.5) is 4.39 Å². The minimum atomic E-state index is -0.292. The zero-order valence-corrected chi connectivity index (χ0v) is 14.0. The minimum Gasteiger partial charge on any atom is -0.330 e. The number of imidazole rings is 1. The molecule has 0 amide bonds. The van der Waals surface area contributed by atoms with E-state index >= 15 is 0 Å². The van der Waals surface area contributed by atoms with Gasteiger partial charge in [-0.05, 0) is 87.1 Å². The van der Waals surface area contributed by atoms with Gasteiger partial charge in [0.05, 0.1) is 16.7 Å². The SMILES string of the molecule is Fc1ccc(Br)c(-n2c(=S)[nH]c3cc(I)ccc32)c1.